The smallest absolute Gasteiger partial charge is 0.228 e. The van der Waals surface area contributed by atoms with Crippen molar-refractivity contribution >= 4 is 17.2 Å². The molecule has 1 aromatic heterocycles. The van der Waals surface area contributed by atoms with Gasteiger partial charge in [-0.25, -0.2) is 0 Å². The van der Waals surface area contributed by atoms with Crippen LogP contribution in [0.4, 0.5) is 0 Å². The van der Waals surface area contributed by atoms with E-state index >= 15 is 0 Å². The SMILES string of the molecule is CCC(C)(CCO)NC(=O)C1CCCc2sccc21. The third-order valence-corrected chi connectivity index (χ3v) is 5.23. The molecule has 1 aliphatic carbocycles. The summed E-state index contributed by atoms with van der Waals surface area (Å²) < 4.78 is 0. The van der Waals surface area contributed by atoms with E-state index in [9.17, 15) is 4.79 Å². The number of hydrogen-bond donors (Lipinski definition) is 2. The van der Waals surface area contributed by atoms with Gasteiger partial charge in [0.25, 0.3) is 0 Å². The van der Waals surface area contributed by atoms with Crippen LogP contribution in [-0.2, 0) is 11.2 Å². The second-order valence-corrected chi connectivity index (χ2v) is 6.62. The zero-order valence-electron chi connectivity index (χ0n) is 11.7. The number of fused-ring (bicyclic) bond motifs is 1. The zero-order chi connectivity index (χ0) is 13.9. The first kappa shape index (κ1) is 14.5. The van der Waals surface area contributed by atoms with Gasteiger partial charge >= 0.3 is 0 Å². The number of carbonyl (C=O) groups excluding carboxylic acids is 1. The minimum atomic E-state index is -0.292. The van der Waals surface area contributed by atoms with Crippen LogP contribution in [0.25, 0.3) is 0 Å². The van der Waals surface area contributed by atoms with Gasteiger partial charge in [0.1, 0.15) is 0 Å². The second kappa shape index (κ2) is 6.06. The molecule has 1 aromatic rings. The Morgan fingerprint density at radius 1 is 1.63 bits per heavy atom. The lowest BCUT2D eigenvalue weighted by Gasteiger charge is -2.32. The number of amides is 1. The van der Waals surface area contributed by atoms with Gasteiger partial charge in [0.2, 0.25) is 5.91 Å². The molecule has 1 heterocycles. The maximum atomic E-state index is 12.5. The van der Waals surface area contributed by atoms with Crippen molar-refractivity contribution < 1.29 is 9.90 Å². The fraction of sp³-hybridized carbons (Fsp3) is 0.667. The monoisotopic (exact) mass is 281 g/mol. The Balaban J connectivity index is 2.09. The summed E-state index contributed by atoms with van der Waals surface area (Å²) in [6.45, 7) is 4.17. The molecule has 2 atom stereocenters. The predicted molar refractivity (Wildman–Crippen MR) is 78.5 cm³/mol. The van der Waals surface area contributed by atoms with Crippen LogP contribution in [-0.4, -0.2) is 23.2 Å². The molecule has 1 amide bonds. The topological polar surface area (TPSA) is 49.3 Å². The number of rotatable bonds is 5. The summed E-state index contributed by atoms with van der Waals surface area (Å²) in [6.07, 6.45) is 4.59. The van der Waals surface area contributed by atoms with Crippen LogP contribution in [0.2, 0.25) is 0 Å². The van der Waals surface area contributed by atoms with Crippen LogP contribution in [0.15, 0.2) is 11.4 Å². The van der Waals surface area contributed by atoms with Crippen molar-refractivity contribution in [2.24, 2.45) is 0 Å². The van der Waals surface area contributed by atoms with E-state index in [0.29, 0.717) is 6.42 Å². The van der Waals surface area contributed by atoms with Gasteiger partial charge in [-0.15, -0.1) is 11.3 Å². The van der Waals surface area contributed by atoms with Gasteiger partial charge in [-0.3, -0.25) is 4.79 Å². The number of aliphatic hydroxyl groups excluding tert-OH is 1. The normalized spacial score (nSPS) is 21.5. The van der Waals surface area contributed by atoms with Gasteiger partial charge in [-0.1, -0.05) is 6.92 Å². The molecule has 2 unspecified atom stereocenters. The van der Waals surface area contributed by atoms with Crippen LogP contribution in [0.1, 0.15) is 55.9 Å². The highest BCUT2D eigenvalue weighted by Gasteiger charge is 2.31. The van der Waals surface area contributed by atoms with E-state index in [1.165, 1.54) is 10.4 Å². The highest BCUT2D eigenvalue weighted by molar-refractivity contribution is 7.10. The van der Waals surface area contributed by atoms with E-state index < -0.39 is 0 Å². The molecule has 0 radical (unpaired) electrons. The minimum Gasteiger partial charge on any atom is -0.396 e. The van der Waals surface area contributed by atoms with Gasteiger partial charge in [0.05, 0.1) is 5.92 Å². The van der Waals surface area contributed by atoms with Crippen LogP contribution < -0.4 is 5.32 Å². The molecular weight excluding hydrogens is 258 g/mol. The van der Waals surface area contributed by atoms with Gasteiger partial charge in [0.15, 0.2) is 0 Å². The van der Waals surface area contributed by atoms with Crippen LogP contribution >= 0.6 is 11.3 Å². The van der Waals surface area contributed by atoms with Crippen molar-refractivity contribution in [1.82, 2.24) is 5.32 Å². The van der Waals surface area contributed by atoms with Crippen molar-refractivity contribution in [3.05, 3.63) is 21.9 Å². The lowest BCUT2D eigenvalue weighted by Crippen LogP contribution is -2.48. The first-order chi connectivity index (χ1) is 9.09. The molecule has 4 heteroatoms. The van der Waals surface area contributed by atoms with E-state index in [4.69, 9.17) is 5.11 Å². The molecule has 0 saturated heterocycles. The fourth-order valence-electron chi connectivity index (χ4n) is 2.72. The lowest BCUT2D eigenvalue weighted by molar-refractivity contribution is -0.124. The average molecular weight is 281 g/mol. The molecule has 2 rings (SSSR count). The molecule has 0 saturated carbocycles. The van der Waals surface area contributed by atoms with Gasteiger partial charge in [-0.2, -0.15) is 0 Å². The molecule has 2 N–H and O–H groups in total. The first-order valence-corrected chi connectivity index (χ1v) is 7.97. The summed E-state index contributed by atoms with van der Waals surface area (Å²) in [6, 6.07) is 2.10. The van der Waals surface area contributed by atoms with Crippen molar-refractivity contribution in [3.8, 4) is 0 Å². The van der Waals surface area contributed by atoms with E-state index in [1.54, 1.807) is 11.3 Å². The number of hydrogen-bond acceptors (Lipinski definition) is 3. The van der Waals surface area contributed by atoms with Gasteiger partial charge in [0, 0.05) is 17.0 Å². The first-order valence-electron chi connectivity index (χ1n) is 7.09. The number of carbonyl (C=O) groups is 1. The Morgan fingerprint density at radius 2 is 2.42 bits per heavy atom. The van der Waals surface area contributed by atoms with Crippen molar-refractivity contribution in [2.45, 2.75) is 57.4 Å². The fourth-order valence-corrected chi connectivity index (χ4v) is 3.71. The third-order valence-electron chi connectivity index (χ3n) is 4.24. The van der Waals surface area contributed by atoms with Crippen molar-refractivity contribution in [3.63, 3.8) is 0 Å². The summed E-state index contributed by atoms with van der Waals surface area (Å²) in [4.78, 5) is 13.9. The molecule has 0 bridgehead atoms. The Labute approximate surface area is 119 Å². The number of nitrogens with one attached hydrogen (secondary N) is 1. The molecule has 19 heavy (non-hydrogen) atoms. The van der Waals surface area contributed by atoms with Crippen molar-refractivity contribution in [1.29, 1.82) is 0 Å². The minimum absolute atomic E-state index is 0.000400. The predicted octanol–water partition coefficient (Wildman–Crippen LogP) is 2.84. The summed E-state index contributed by atoms with van der Waals surface area (Å²) in [5.74, 6) is 0.122. The molecule has 3 nitrogen and oxygen atoms in total. The van der Waals surface area contributed by atoms with Gasteiger partial charge < -0.3 is 10.4 Å². The highest BCUT2D eigenvalue weighted by atomic mass is 32.1. The largest absolute Gasteiger partial charge is 0.396 e. The van der Waals surface area contributed by atoms with Crippen LogP contribution in [0.5, 0.6) is 0 Å². The third kappa shape index (κ3) is 3.18. The quantitative estimate of drug-likeness (QED) is 0.872. The molecule has 0 aliphatic heterocycles. The average Bonchev–Trinajstić information content (AvgIpc) is 2.86. The van der Waals surface area contributed by atoms with E-state index in [-0.39, 0.29) is 24.0 Å². The number of thiophene rings is 1. The Kier molecular flexibility index (Phi) is 4.63. The molecule has 106 valence electrons. The summed E-state index contributed by atoms with van der Waals surface area (Å²) in [5.41, 5.74) is 0.927. The van der Waals surface area contributed by atoms with Crippen LogP contribution in [0, 0.1) is 0 Å². The van der Waals surface area contributed by atoms with Crippen LogP contribution in [0.3, 0.4) is 0 Å². The van der Waals surface area contributed by atoms with E-state index in [1.807, 2.05) is 13.8 Å². The maximum absolute atomic E-state index is 12.5. The summed E-state index contributed by atoms with van der Waals surface area (Å²) >= 11 is 1.76. The Morgan fingerprint density at radius 3 is 3.11 bits per heavy atom. The zero-order valence-corrected chi connectivity index (χ0v) is 12.6. The second-order valence-electron chi connectivity index (χ2n) is 5.62. The maximum Gasteiger partial charge on any atom is 0.228 e. The lowest BCUT2D eigenvalue weighted by atomic mass is 9.85. The number of aliphatic hydroxyl groups is 1. The standard InChI is InChI=1S/C15H23NO2S/c1-3-15(2,8-9-17)16-14(18)12-5-4-6-13-11(12)7-10-19-13/h7,10,12,17H,3-6,8-9H2,1-2H3,(H,16,18). The highest BCUT2D eigenvalue weighted by Crippen LogP contribution is 2.35. The molecule has 1 aliphatic rings. The number of aryl methyl sites for hydroxylation is 1. The molecule has 0 aromatic carbocycles. The summed E-state index contributed by atoms with van der Waals surface area (Å²) in [5, 5.41) is 14.4. The molecule has 0 fully saturated rings. The van der Waals surface area contributed by atoms with E-state index in [0.717, 1.165) is 25.7 Å². The Hall–Kier alpha value is -0.870. The Bertz CT molecular complexity index is 443. The van der Waals surface area contributed by atoms with Gasteiger partial charge in [-0.05, 0) is 56.0 Å². The molecular formula is C15H23NO2S. The summed E-state index contributed by atoms with van der Waals surface area (Å²) in [7, 11) is 0. The molecule has 0 spiro atoms. The van der Waals surface area contributed by atoms with Crippen molar-refractivity contribution in [2.75, 3.05) is 6.61 Å². The van der Waals surface area contributed by atoms with E-state index in [2.05, 4.69) is 16.8 Å².